The van der Waals surface area contributed by atoms with E-state index >= 15 is 0 Å². The standard InChI is InChI=1S/C10H10N2O2/c1-2-9-10(11-14-12(9)13)8-6-4-3-5-7-8/h3-7H,2H2,1H3. The highest BCUT2D eigenvalue weighted by Crippen LogP contribution is 2.18. The van der Waals surface area contributed by atoms with Crippen LogP contribution in [0.5, 0.6) is 0 Å². The van der Waals surface area contributed by atoms with E-state index in [-0.39, 0.29) is 0 Å². The summed E-state index contributed by atoms with van der Waals surface area (Å²) in [6.07, 6.45) is 0.608. The largest absolute Gasteiger partial charge is 0.359 e. The molecule has 1 aromatic heterocycles. The minimum atomic E-state index is 0.461. The van der Waals surface area contributed by atoms with E-state index < -0.39 is 0 Å². The van der Waals surface area contributed by atoms with Gasteiger partial charge in [0.25, 0.3) is 5.69 Å². The van der Waals surface area contributed by atoms with E-state index in [2.05, 4.69) is 9.79 Å². The van der Waals surface area contributed by atoms with Crippen LogP contribution in [0.1, 0.15) is 12.6 Å². The summed E-state index contributed by atoms with van der Waals surface area (Å²) in [6.45, 7) is 1.90. The molecule has 2 rings (SSSR count). The van der Waals surface area contributed by atoms with Gasteiger partial charge < -0.3 is 5.21 Å². The van der Waals surface area contributed by atoms with Crippen LogP contribution in [0.2, 0.25) is 0 Å². The summed E-state index contributed by atoms with van der Waals surface area (Å²) >= 11 is 0. The molecule has 1 aromatic carbocycles. The van der Waals surface area contributed by atoms with Gasteiger partial charge in [0.2, 0.25) is 5.69 Å². The molecule has 72 valence electrons. The molecule has 0 aliphatic carbocycles. The van der Waals surface area contributed by atoms with E-state index in [0.29, 0.717) is 22.7 Å². The second-order valence-corrected chi connectivity index (χ2v) is 2.94. The molecule has 0 radical (unpaired) electrons. The lowest BCUT2D eigenvalue weighted by molar-refractivity contribution is -0.807. The number of benzene rings is 1. The van der Waals surface area contributed by atoms with Gasteiger partial charge in [-0.05, 0) is 4.90 Å². The average Bonchev–Trinajstić information content (AvgIpc) is 2.61. The second kappa shape index (κ2) is 3.49. The van der Waals surface area contributed by atoms with Crippen LogP contribution < -0.4 is 4.90 Å². The maximum atomic E-state index is 11.1. The van der Waals surface area contributed by atoms with Crippen molar-refractivity contribution < 1.29 is 9.53 Å². The fourth-order valence-corrected chi connectivity index (χ4v) is 1.38. The molecule has 0 unspecified atom stereocenters. The van der Waals surface area contributed by atoms with Crippen molar-refractivity contribution in [1.29, 1.82) is 0 Å². The molecule has 0 aliphatic rings. The van der Waals surface area contributed by atoms with Crippen molar-refractivity contribution in [2.45, 2.75) is 13.3 Å². The minimum absolute atomic E-state index is 0.461. The monoisotopic (exact) mass is 190 g/mol. The first-order valence-electron chi connectivity index (χ1n) is 4.47. The molecule has 0 spiro atoms. The van der Waals surface area contributed by atoms with Crippen molar-refractivity contribution >= 4 is 0 Å². The van der Waals surface area contributed by atoms with Crippen molar-refractivity contribution in [2.24, 2.45) is 0 Å². The van der Waals surface area contributed by atoms with E-state index in [1.54, 1.807) is 0 Å². The zero-order valence-corrected chi connectivity index (χ0v) is 7.80. The summed E-state index contributed by atoms with van der Waals surface area (Å²) in [4.78, 5) is 0.461. The lowest BCUT2D eigenvalue weighted by Gasteiger charge is -1.93. The van der Waals surface area contributed by atoms with Gasteiger partial charge in [-0.15, -0.1) is 0 Å². The van der Waals surface area contributed by atoms with Crippen LogP contribution in [0, 0.1) is 5.21 Å². The van der Waals surface area contributed by atoms with Crippen LogP contribution in [0.4, 0.5) is 0 Å². The average molecular weight is 190 g/mol. The van der Waals surface area contributed by atoms with E-state index in [9.17, 15) is 5.21 Å². The first-order valence-corrected chi connectivity index (χ1v) is 4.47. The van der Waals surface area contributed by atoms with Gasteiger partial charge in [0.15, 0.2) is 0 Å². The Kier molecular flexibility index (Phi) is 2.18. The van der Waals surface area contributed by atoms with Crippen molar-refractivity contribution in [1.82, 2.24) is 5.16 Å². The minimum Gasteiger partial charge on any atom is -0.359 e. The van der Waals surface area contributed by atoms with E-state index in [0.717, 1.165) is 5.56 Å². The van der Waals surface area contributed by atoms with E-state index in [4.69, 9.17) is 0 Å². The van der Waals surface area contributed by atoms with Crippen LogP contribution in [-0.4, -0.2) is 5.16 Å². The Morgan fingerprint density at radius 2 is 2.07 bits per heavy atom. The SMILES string of the molecule is CCc1c(-c2ccccc2)no[n+]1[O-]. The fraction of sp³-hybridized carbons (Fsp3) is 0.200. The topological polar surface area (TPSA) is 53.0 Å². The molecule has 0 N–H and O–H groups in total. The maximum Gasteiger partial charge on any atom is 0.251 e. The maximum absolute atomic E-state index is 11.1. The molecule has 1 heterocycles. The summed E-state index contributed by atoms with van der Waals surface area (Å²) in [7, 11) is 0. The van der Waals surface area contributed by atoms with E-state index in [1.807, 2.05) is 37.3 Å². The molecular weight excluding hydrogens is 180 g/mol. The van der Waals surface area contributed by atoms with E-state index in [1.165, 1.54) is 0 Å². The predicted octanol–water partition coefficient (Wildman–Crippen LogP) is 1.54. The predicted molar refractivity (Wildman–Crippen MR) is 50.3 cm³/mol. The fourth-order valence-electron chi connectivity index (χ4n) is 1.38. The van der Waals surface area contributed by atoms with Crippen molar-refractivity contribution in [3.8, 4) is 11.3 Å². The van der Waals surface area contributed by atoms with Gasteiger partial charge in [0.05, 0.1) is 0 Å². The summed E-state index contributed by atoms with van der Waals surface area (Å²) in [6, 6.07) is 9.52. The van der Waals surface area contributed by atoms with Gasteiger partial charge in [0.1, 0.15) is 0 Å². The van der Waals surface area contributed by atoms with Gasteiger partial charge >= 0.3 is 0 Å². The Morgan fingerprint density at radius 3 is 2.71 bits per heavy atom. The van der Waals surface area contributed by atoms with Crippen LogP contribution in [0.25, 0.3) is 11.3 Å². The number of aromatic nitrogens is 2. The number of hydrogen-bond donors (Lipinski definition) is 0. The molecule has 0 amide bonds. The molecule has 4 nitrogen and oxygen atoms in total. The number of nitrogens with zero attached hydrogens (tertiary/aromatic N) is 2. The number of hydrogen-bond acceptors (Lipinski definition) is 3. The van der Waals surface area contributed by atoms with Gasteiger partial charge in [-0.3, -0.25) is 4.63 Å². The molecule has 4 heteroatoms. The Morgan fingerprint density at radius 1 is 1.36 bits per heavy atom. The summed E-state index contributed by atoms with van der Waals surface area (Å²) in [5.41, 5.74) is 2.10. The van der Waals surface area contributed by atoms with Crippen molar-refractivity contribution in [2.75, 3.05) is 0 Å². The molecule has 14 heavy (non-hydrogen) atoms. The highest BCUT2D eigenvalue weighted by Gasteiger charge is 2.18. The Balaban J connectivity index is 2.52. The van der Waals surface area contributed by atoms with Gasteiger partial charge in [-0.25, -0.2) is 0 Å². The zero-order valence-electron chi connectivity index (χ0n) is 7.80. The Labute approximate surface area is 81.3 Å². The summed E-state index contributed by atoms with van der Waals surface area (Å²) in [5, 5.41) is 14.9. The van der Waals surface area contributed by atoms with Gasteiger partial charge in [0, 0.05) is 17.1 Å². The highest BCUT2D eigenvalue weighted by molar-refractivity contribution is 5.59. The molecule has 0 fully saturated rings. The molecule has 0 atom stereocenters. The van der Waals surface area contributed by atoms with Crippen LogP contribution >= 0.6 is 0 Å². The number of rotatable bonds is 2. The van der Waals surface area contributed by atoms with Gasteiger partial charge in [-0.2, -0.15) is 0 Å². The zero-order chi connectivity index (χ0) is 9.97. The van der Waals surface area contributed by atoms with Crippen LogP contribution in [0.15, 0.2) is 35.0 Å². The Hall–Kier alpha value is -1.84. The smallest absolute Gasteiger partial charge is 0.251 e. The second-order valence-electron chi connectivity index (χ2n) is 2.94. The third-order valence-corrected chi connectivity index (χ3v) is 2.08. The van der Waals surface area contributed by atoms with Crippen molar-refractivity contribution in [3.63, 3.8) is 0 Å². The molecule has 0 saturated carbocycles. The normalized spacial score (nSPS) is 10.4. The molecule has 2 aromatic rings. The lowest BCUT2D eigenvalue weighted by Crippen LogP contribution is -2.27. The third kappa shape index (κ3) is 1.35. The first kappa shape index (κ1) is 8.74. The van der Waals surface area contributed by atoms with Crippen LogP contribution in [0.3, 0.4) is 0 Å². The molecule has 0 bridgehead atoms. The van der Waals surface area contributed by atoms with Gasteiger partial charge in [-0.1, -0.05) is 37.3 Å². The highest BCUT2D eigenvalue weighted by atomic mass is 16.8. The summed E-state index contributed by atoms with van der Waals surface area (Å²) in [5.74, 6) is 0. The Bertz CT molecular complexity index is 423. The molecule has 0 aliphatic heterocycles. The van der Waals surface area contributed by atoms with Crippen LogP contribution in [-0.2, 0) is 6.42 Å². The summed E-state index contributed by atoms with van der Waals surface area (Å²) < 4.78 is 4.55. The lowest BCUT2D eigenvalue weighted by atomic mass is 10.1. The molecule has 0 saturated heterocycles. The quantitative estimate of drug-likeness (QED) is 0.675. The molecular formula is C10H10N2O2. The third-order valence-electron chi connectivity index (χ3n) is 2.08. The van der Waals surface area contributed by atoms with Crippen molar-refractivity contribution in [3.05, 3.63) is 41.2 Å². The first-order chi connectivity index (χ1) is 6.83.